The predicted molar refractivity (Wildman–Crippen MR) is 87.4 cm³/mol. The van der Waals surface area contributed by atoms with Crippen molar-refractivity contribution in [3.05, 3.63) is 66.5 Å². The van der Waals surface area contributed by atoms with E-state index in [1.807, 2.05) is 17.7 Å². The molecule has 6 nitrogen and oxygen atoms in total. The van der Waals surface area contributed by atoms with Crippen molar-refractivity contribution >= 4 is 5.91 Å². The van der Waals surface area contributed by atoms with E-state index in [0.29, 0.717) is 12.2 Å². The summed E-state index contributed by atoms with van der Waals surface area (Å²) in [6, 6.07) is 6.00. The van der Waals surface area contributed by atoms with Crippen LogP contribution in [-0.4, -0.2) is 31.6 Å². The van der Waals surface area contributed by atoms with E-state index in [0.717, 1.165) is 24.5 Å². The molecule has 0 aliphatic rings. The Kier molecular flexibility index (Phi) is 4.69. The molecule has 24 heavy (non-hydrogen) atoms. The van der Waals surface area contributed by atoms with Crippen LogP contribution in [0.1, 0.15) is 22.7 Å². The second kappa shape index (κ2) is 7.08. The number of aromatic nitrogens is 4. The van der Waals surface area contributed by atoms with Gasteiger partial charge in [0.15, 0.2) is 0 Å². The highest BCUT2D eigenvalue weighted by atomic mass is 19.1. The Morgan fingerprint density at radius 2 is 2.04 bits per heavy atom. The minimum atomic E-state index is -0.301. The summed E-state index contributed by atoms with van der Waals surface area (Å²) in [6.07, 6.45) is 7.65. The van der Waals surface area contributed by atoms with E-state index >= 15 is 0 Å². The third-order valence-corrected chi connectivity index (χ3v) is 3.72. The lowest BCUT2D eigenvalue weighted by Gasteiger charge is -2.06. The molecule has 0 unspecified atom stereocenters. The quantitative estimate of drug-likeness (QED) is 0.707. The van der Waals surface area contributed by atoms with Crippen LogP contribution in [0.15, 0.2) is 49.2 Å². The SMILES string of the molecule is Cc1nccn1CCCNC(=O)c1cn(-c2ccc(F)cc2)cn1. The topological polar surface area (TPSA) is 64.7 Å². The van der Waals surface area contributed by atoms with Crippen molar-refractivity contribution in [2.45, 2.75) is 19.9 Å². The molecule has 124 valence electrons. The van der Waals surface area contributed by atoms with Gasteiger partial charge in [-0.05, 0) is 37.6 Å². The van der Waals surface area contributed by atoms with Gasteiger partial charge in [0.1, 0.15) is 23.7 Å². The number of carbonyl (C=O) groups excluding carboxylic acids is 1. The van der Waals surface area contributed by atoms with Gasteiger partial charge >= 0.3 is 0 Å². The monoisotopic (exact) mass is 327 g/mol. The first-order chi connectivity index (χ1) is 11.6. The molecule has 2 heterocycles. The number of amides is 1. The Bertz CT molecular complexity index is 822. The zero-order chi connectivity index (χ0) is 16.9. The minimum Gasteiger partial charge on any atom is -0.351 e. The summed E-state index contributed by atoms with van der Waals surface area (Å²) in [4.78, 5) is 20.4. The predicted octanol–water partition coefficient (Wildman–Crippen LogP) is 2.34. The molecule has 1 amide bonds. The molecule has 0 saturated carbocycles. The average Bonchev–Trinajstić information content (AvgIpc) is 3.22. The Morgan fingerprint density at radius 1 is 1.25 bits per heavy atom. The fraction of sp³-hybridized carbons (Fsp3) is 0.235. The number of aryl methyl sites for hydroxylation is 2. The molecule has 2 aromatic heterocycles. The van der Waals surface area contributed by atoms with Gasteiger partial charge in [0.25, 0.3) is 5.91 Å². The molecule has 0 aliphatic heterocycles. The van der Waals surface area contributed by atoms with Gasteiger partial charge in [-0.25, -0.2) is 14.4 Å². The third-order valence-electron chi connectivity index (χ3n) is 3.72. The summed E-state index contributed by atoms with van der Waals surface area (Å²) in [5.74, 6) is 0.433. The lowest BCUT2D eigenvalue weighted by molar-refractivity contribution is 0.0948. The standard InChI is InChI=1S/C17H18FN5O/c1-13-19-8-10-22(13)9-2-7-20-17(24)16-11-23(12-21-16)15-5-3-14(18)4-6-15/h3-6,8,10-12H,2,7,9H2,1H3,(H,20,24). The molecule has 0 atom stereocenters. The molecular weight excluding hydrogens is 309 g/mol. The number of hydrogen-bond acceptors (Lipinski definition) is 3. The lowest BCUT2D eigenvalue weighted by atomic mass is 10.3. The van der Waals surface area contributed by atoms with Crippen molar-refractivity contribution in [2.24, 2.45) is 0 Å². The number of carbonyl (C=O) groups is 1. The van der Waals surface area contributed by atoms with Crippen LogP contribution in [0, 0.1) is 12.7 Å². The van der Waals surface area contributed by atoms with Gasteiger partial charge in [0, 0.05) is 37.4 Å². The maximum atomic E-state index is 12.9. The zero-order valence-corrected chi connectivity index (χ0v) is 13.3. The first-order valence-electron chi connectivity index (χ1n) is 7.69. The molecule has 0 aliphatic carbocycles. The minimum absolute atomic E-state index is 0.224. The van der Waals surface area contributed by atoms with Crippen LogP contribution in [0.3, 0.4) is 0 Å². The summed E-state index contributed by atoms with van der Waals surface area (Å²) in [5.41, 5.74) is 1.08. The first kappa shape index (κ1) is 15.9. The van der Waals surface area contributed by atoms with Gasteiger partial charge in [-0.15, -0.1) is 0 Å². The molecule has 0 fully saturated rings. The van der Waals surface area contributed by atoms with Crippen LogP contribution < -0.4 is 5.32 Å². The highest BCUT2D eigenvalue weighted by Gasteiger charge is 2.09. The Morgan fingerprint density at radius 3 is 2.75 bits per heavy atom. The van der Waals surface area contributed by atoms with E-state index in [-0.39, 0.29) is 11.7 Å². The number of nitrogens with one attached hydrogen (secondary N) is 1. The first-order valence-corrected chi connectivity index (χ1v) is 7.69. The van der Waals surface area contributed by atoms with Gasteiger partial charge < -0.3 is 14.5 Å². The van der Waals surface area contributed by atoms with Crippen LogP contribution in [0.5, 0.6) is 0 Å². The second-order valence-corrected chi connectivity index (χ2v) is 5.42. The van der Waals surface area contributed by atoms with Gasteiger partial charge in [0.2, 0.25) is 0 Å². The van der Waals surface area contributed by atoms with E-state index in [1.54, 1.807) is 29.1 Å². The number of imidazole rings is 2. The van der Waals surface area contributed by atoms with Gasteiger partial charge in [-0.1, -0.05) is 0 Å². The highest BCUT2D eigenvalue weighted by molar-refractivity contribution is 5.92. The maximum Gasteiger partial charge on any atom is 0.271 e. The van der Waals surface area contributed by atoms with Crippen molar-refractivity contribution in [2.75, 3.05) is 6.54 Å². The lowest BCUT2D eigenvalue weighted by Crippen LogP contribution is -2.25. The number of hydrogen-bond donors (Lipinski definition) is 1. The fourth-order valence-corrected chi connectivity index (χ4v) is 2.38. The molecule has 0 spiro atoms. The van der Waals surface area contributed by atoms with Crippen LogP contribution in [-0.2, 0) is 6.54 Å². The van der Waals surface area contributed by atoms with Gasteiger partial charge in [-0.3, -0.25) is 4.79 Å². The fourth-order valence-electron chi connectivity index (χ4n) is 2.38. The van der Waals surface area contributed by atoms with Crippen LogP contribution in [0.25, 0.3) is 5.69 Å². The molecular formula is C17H18FN5O. The summed E-state index contributed by atoms with van der Waals surface area (Å²) >= 11 is 0. The van der Waals surface area contributed by atoms with Crippen molar-refractivity contribution in [1.82, 2.24) is 24.4 Å². The van der Waals surface area contributed by atoms with Crippen LogP contribution in [0.4, 0.5) is 4.39 Å². The Labute approximate surface area is 139 Å². The van der Waals surface area contributed by atoms with E-state index in [9.17, 15) is 9.18 Å². The van der Waals surface area contributed by atoms with Crippen LogP contribution >= 0.6 is 0 Å². The molecule has 3 rings (SSSR count). The Balaban J connectivity index is 1.52. The normalized spacial score (nSPS) is 10.8. The van der Waals surface area contributed by atoms with Crippen molar-refractivity contribution < 1.29 is 9.18 Å². The summed E-state index contributed by atoms with van der Waals surface area (Å²) in [7, 11) is 0. The number of rotatable bonds is 6. The molecule has 0 saturated heterocycles. The third kappa shape index (κ3) is 3.68. The zero-order valence-electron chi connectivity index (χ0n) is 13.3. The Hall–Kier alpha value is -2.96. The maximum absolute atomic E-state index is 12.9. The molecule has 1 aromatic carbocycles. The van der Waals surface area contributed by atoms with Crippen molar-refractivity contribution in [3.63, 3.8) is 0 Å². The summed E-state index contributed by atoms with van der Waals surface area (Å²) in [6.45, 7) is 3.30. The van der Waals surface area contributed by atoms with Gasteiger partial charge in [-0.2, -0.15) is 0 Å². The second-order valence-electron chi connectivity index (χ2n) is 5.42. The average molecular weight is 327 g/mol. The smallest absolute Gasteiger partial charge is 0.271 e. The van der Waals surface area contributed by atoms with Crippen molar-refractivity contribution in [1.29, 1.82) is 0 Å². The number of halogens is 1. The van der Waals surface area contributed by atoms with Crippen LogP contribution in [0.2, 0.25) is 0 Å². The molecule has 0 bridgehead atoms. The molecule has 3 aromatic rings. The molecule has 0 radical (unpaired) electrons. The summed E-state index contributed by atoms with van der Waals surface area (Å²) in [5, 5.41) is 2.85. The molecule has 1 N–H and O–H groups in total. The van der Waals surface area contributed by atoms with E-state index in [2.05, 4.69) is 15.3 Å². The highest BCUT2D eigenvalue weighted by Crippen LogP contribution is 2.09. The number of nitrogens with zero attached hydrogens (tertiary/aromatic N) is 4. The van der Waals surface area contributed by atoms with E-state index in [1.165, 1.54) is 18.5 Å². The van der Waals surface area contributed by atoms with Crippen molar-refractivity contribution in [3.8, 4) is 5.69 Å². The largest absolute Gasteiger partial charge is 0.351 e. The molecule has 7 heteroatoms. The summed E-state index contributed by atoms with van der Waals surface area (Å²) < 4.78 is 16.7. The van der Waals surface area contributed by atoms with Gasteiger partial charge in [0.05, 0.1) is 0 Å². The van der Waals surface area contributed by atoms with E-state index in [4.69, 9.17) is 0 Å². The number of benzene rings is 1. The van der Waals surface area contributed by atoms with E-state index < -0.39 is 0 Å².